The van der Waals surface area contributed by atoms with Gasteiger partial charge in [0.05, 0.1) is 13.2 Å². The third-order valence-corrected chi connectivity index (χ3v) is 1.61. The predicted molar refractivity (Wildman–Crippen MR) is 58.3 cm³/mol. The minimum absolute atomic E-state index is 0.00641. The summed E-state index contributed by atoms with van der Waals surface area (Å²) in [5.74, 6) is -0.363. The number of primary amides is 1. The lowest BCUT2D eigenvalue weighted by Gasteiger charge is -2.05. The van der Waals surface area contributed by atoms with Crippen LogP contribution in [0.1, 0.15) is 13.3 Å². The molecule has 0 unspecified atom stereocenters. The molecule has 0 aliphatic rings. The van der Waals surface area contributed by atoms with E-state index in [1.807, 2.05) is 6.92 Å². The molecule has 0 radical (unpaired) electrons. The van der Waals surface area contributed by atoms with E-state index in [1.165, 1.54) is 0 Å². The molecule has 0 saturated heterocycles. The molecular formula is C8H12ClN5O2. The van der Waals surface area contributed by atoms with Gasteiger partial charge in [0, 0.05) is 0 Å². The van der Waals surface area contributed by atoms with Crippen LogP contribution in [0.25, 0.3) is 0 Å². The second-order valence-corrected chi connectivity index (χ2v) is 3.22. The lowest BCUT2D eigenvalue weighted by molar-refractivity contribution is -0.116. The van der Waals surface area contributed by atoms with E-state index in [1.54, 1.807) is 0 Å². The summed E-state index contributed by atoms with van der Waals surface area (Å²) in [5.41, 5.74) is 4.96. The molecule has 0 bridgehead atoms. The number of nitrogens with zero attached hydrogens (tertiary/aromatic N) is 3. The summed E-state index contributed by atoms with van der Waals surface area (Å²) in [4.78, 5) is 22.0. The summed E-state index contributed by atoms with van der Waals surface area (Å²) >= 11 is 5.65. The first-order chi connectivity index (χ1) is 7.61. The molecule has 88 valence electrons. The number of halogens is 1. The van der Waals surface area contributed by atoms with Gasteiger partial charge in [-0.25, -0.2) is 0 Å². The van der Waals surface area contributed by atoms with E-state index in [2.05, 4.69) is 20.3 Å². The summed E-state index contributed by atoms with van der Waals surface area (Å²) in [6.45, 7) is 2.36. The number of amides is 1. The second kappa shape index (κ2) is 6.06. The number of nitrogens with one attached hydrogen (secondary N) is 1. The first kappa shape index (κ1) is 12.4. The van der Waals surface area contributed by atoms with Gasteiger partial charge < -0.3 is 15.8 Å². The van der Waals surface area contributed by atoms with Gasteiger partial charge >= 0.3 is 6.01 Å². The van der Waals surface area contributed by atoms with Crippen LogP contribution in [0.5, 0.6) is 6.01 Å². The predicted octanol–water partition coefficient (Wildman–Crippen LogP) is 0.211. The Hall–Kier alpha value is -1.63. The Balaban J connectivity index is 2.69. The minimum atomic E-state index is -0.521. The standard InChI is InChI=1S/C8H12ClN5O2/c1-2-3-16-8-13-6(9)12-7(14-8)11-4-5(10)15/h2-4H2,1H3,(H2,10,15)(H,11,12,13,14). The van der Waals surface area contributed by atoms with Crippen molar-refractivity contribution in [1.82, 2.24) is 15.0 Å². The van der Waals surface area contributed by atoms with Crippen LogP contribution in [0, 0.1) is 0 Å². The van der Waals surface area contributed by atoms with Crippen molar-refractivity contribution in [3.8, 4) is 6.01 Å². The Bertz CT molecular complexity index is 373. The number of anilines is 1. The molecule has 16 heavy (non-hydrogen) atoms. The van der Waals surface area contributed by atoms with Crippen LogP contribution < -0.4 is 15.8 Å². The fraction of sp³-hybridized carbons (Fsp3) is 0.500. The SMILES string of the molecule is CCCOc1nc(Cl)nc(NCC(N)=O)n1. The number of nitrogens with two attached hydrogens (primary N) is 1. The van der Waals surface area contributed by atoms with Crippen LogP contribution in [0.4, 0.5) is 5.95 Å². The van der Waals surface area contributed by atoms with Gasteiger partial charge in [-0.05, 0) is 18.0 Å². The molecular weight excluding hydrogens is 234 g/mol. The Labute approximate surface area is 97.4 Å². The molecule has 0 aliphatic heterocycles. The molecule has 0 aromatic carbocycles. The van der Waals surface area contributed by atoms with Crippen LogP contribution in [0.2, 0.25) is 5.28 Å². The minimum Gasteiger partial charge on any atom is -0.463 e. The van der Waals surface area contributed by atoms with Crippen LogP contribution in [-0.4, -0.2) is 34.0 Å². The number of aromatic nitrogens is 3. The van der Waals surface area contributed by atoms with Crippen molar-refractivity contribution in [1.29, 1.82) is 0 Å². The highest BCUT2D eigenvalue weighted by Gasteiger charge is 2.06. The van der Waals surface area contributed by atoms with Crippen LogP contribution >= 0.6 is 11.6 Å². The Morgan fingerprint density at radius 3 is 2.88 bits per heavy atom. The topological polar surface area (TPSA) is 103 Å². The average molecular weight is 246 g/mol. The van der Waals surface area contributed by atoms with E-state index in [-0.39, 0.29) is 23.8 Å². The molecule has 0 atom stereocenters. The zero-order chi connectivity index (χ0) is 12.0. The summed E-state index contributed by atoms with van der Waals surface area (Å²) in [6.07, 6.45) is 0.827. The van der Waals surface area contributed by atoms with E-state index < -0.39 is 5.91 Å². The Kier molecular flexibility index (Phi) is 4.71. The molecule has 0 fully saturated rings. The molecule has 1 heterocycles. The quantitative estimate of drug-likeness (QED) is 0.743. The summed E-state index contributed by atoms with van der Waals surface area (Å²) in [7, 11) is 0. The Morgan fingerprint density at radius 1 is 1.50 bits per heavy atom. The van der Waals surface area contributed by atoms with E-state index >= 15 is 0 Å². The van der Waals surface area contributed by atoms with Crippen LogP contribution in [-0.2, 0) is 4.79 Å². The first-order valence-corrected chi connectivity index (χ1v) is 5.06. The molecule has 3 N–H and O–H groups in total. The third-order valence-electron chi connectivity index (χ3n) is 1.44. The summed E-state index contributed by atoms with van der Waals surface area (Å²) in [5, 5.41) is 2.59. The first-order valence-electron chi connectivity index (χ1n) is 4.68. The van der Waals surface area contributed by atoms with Gasteiger partial charge in [0.25, 0.3) is 0 Å². The number of carbonyl (C=O) groups excluding carboxylic acids is 1. The summed E-state index contributed by atoms with van der Waals surface area (Å²) in [6, 6.07) is 0.119. The summed E-state index contributed by atoms with van der Waals surface area (Å²) < 4.78 is 5.18. The fourth-order valence-electron chi connectivity index (χ4n) is 0.835. The van der Waals surface area contributed by atoms with Gasteiger partial charge in [-0.3, -0.25) is 4.79 Å². The third kappa shape index (κ3) is 4.26. The maximum atomic E-state index is 10.5. The van der Waals surface area contributed by atoms with Gasteiger partial charge in [-0.15, -0.1) is 0 Å². The van der Waals surface area contributed by atoms with Gasteiger partial charge in [0.1, 0.15) is 0 Å². The molecule has 1 amide bonds. The van der Waals surface area contributed by atoms with Gasteiger partial charge in [0.2, 0.25) is 17.1 Å². The zero-order valence-electron chi connectivity index (χ0n) is 8.73. The van der Waals surface area contributed by atoms with Crippen molar-refractivity contribution in [2.24, 2.45) is 5.73 Å². The molecule has 8 heteroatoms. The maximum Gasteiger partial charge on any atom is 0.322 e. The largest absolute Gasteiger partial charge is 0.463 e. The number of rotatable bonds is 6. The normalized spacial score (nSPS) is 9.88. The lowest BCUT2D eigenvalue weighted by atomic mass is 10.5. The van der Waals surface area contributed by atoms with Gasteiger partial charge in [-0.2, -0.15) is 15.0 Å². The smallest absolute Gasteiger partial charge is 0.322 e. The highest BCUT2D eigenvalue weighted by atomic mass is 35.5. The number of ether oxygens (including phenoxy) is 1. The number of hydrogen-bond acceptors (Lipinski definition) is 6. The van der Waals surface area contributed by atoms with E-state index in [0.717, 1.165) is 6.42 Å². The van der Waals surface area contributed by atoms with Gasteiger partial charge in [0.15, 0.2) is 0 Å². The van der Waals surface area contributed by atoms with Crippen molar-refractivity contribution in [3.05, 3.63) is 5.28 Å². The molecule has 7 nitrogen and oxygen atoms in total. The highest BCUT2D eigenvalue weighted by molar-refractivity contribution is 6.28. The van der Waals surface area contributed by atoms with Crippen molar-refractivity contribution < 1.29 is 9.53 Å². The average Bonchev–Trinajstić information content (AvgIpc) is 2.23. The van der Waals surface area contributed by atoms with E-state index in [9.17, 15) is 4.79 Å². The van der Waals surface area contributed by atoms with Crippen molar-refractivity contribution >= 4 is 23.5 Å². The second-order valence-electron chi connectivity index (χ2n) is 2.88. The lowest BCUT2D eigenvalue weighted by Crippen LogP contribution is -2.23. The Morgan fingerprint density at radius 2 is 2.25 bits per heavy atom. The van der Waals surface area contributed by atoms with E-state index in [0.29, 0.717) is 6.61 Å². The van der Waals surface area contributed by atoms with Crippen molar-refractivity contribution in [2.45, 2.75) is 13.3 Å². The maximum absolute atomic E-state index is 10.5. The van der Waals surface area contributed by atoms with Gasteiger partial charge in [-0.1, -0.05) is 6.92 Å². The number of hydrogen-bond donors (Lipinski definition) is 2. The van der Waals surface area contributed by atoms with E-state index in [4.69, 9.17) is 22.1 Å². The van der Waals surface area contributed by atoms with Crippen molar-refractivity contribution in [3.63, 3.8) is 0 Å². The molecule has 1 rings (SSSR count). The fourth-order valence-corrected chi connectivity index (χ4v) is 0.987. The molecule has 1 aromatic rings. The van der Waals surface area contributed by atoms with Crippen LogP contribution in [0.3, 0.4) is 0 Å². The monoisotopic (exact) mass is 245 g/mol. The van der Waals surface area contributed by atoms with Crippen LogP contribution in [0.15, 0.2) is 0 Å². The van der Waals surface area contributed by atoms with Crippen molar-refractivity contribution in [2.75, 3.05) is 18.5 Å². The zero-order valence-corrected chi connectivity index (χ0v) is 9.49. The molecule has 0 spiro atoms. The molecule has 0 saturated carbocycles. The molecule has 1 aromatic heterocycles. The number of carbonyl (C=O) groups is 1. The molecule has 0 aliphatic carbocycles. The highest BCUT2D eigenvalue weighted by Crippen LogP contribution is 2.11.